The van der Waals surface area contributed by atoms with Gasteiger partial charge in [0, 0.05) is 12.6 Å². The minimum Gasteiger partial charge on any atom is -0.455 e. The van der Waals surface area contributed by atoms with Crippen molar-refractivity contribution in [3.63, 3.8) is 0 Å². The maximum atomic E-state index is 6.01. The second-order valence-electron chi connectivity index (χ2n) is 6.93. The van der Waals surface area contributed by atoms with Gasteiger partial charge in [-0.05, 0) is 49.9 Å². The lowest BCUT2D eigenvalue weighted by Crippen LogP contribution is -2.39. The molecule has 1 aliphatic heterocycles. The predicted octanol–water partition coefficient (Wildman–Crippen LogP) is 5.18. The molecule has 1 atom stereocenters. The monoisotopic (exact) mass is 375 g/mol. The summed E-state index contributed by atoms with van der Waals surface area (Å²) in [5.74, 6) is 2.85. The zero-order valence-electron chi connectivity index (χ0n) is 16.1. The molecule has 0 bridgehead atoms. The van der Waals surface area contributed by atoms with Gasteiger partial charge in [0.15, 0.2) is 11.6 Å². The number of benzene rings is 2. The Kier molecular flexibility index (Phi) is 5.66. The molecule has 1 aromatic heterocycles. The number of ether oxygens (including phenoxy) is 1. The van der Waals surface area contributed by atoms with E-state index in [0.29, 0.717) is 17.7 Å². The van der Waals surface area contributed by atoms with Crippen LogP contribution >= 0.6 is 0 Å². The van der Waals surface area contributed by atoms with Crippen LogP contribution in [0.2, 0.25) is 0 Å². The van der Waals surface area contributed by atoms with Gasteiger partial charge in [-0.25, -0.2) is 0 Å². The Balaban J connectivity index is 1.55. The standard InChI is InChI=1S/C22H25N5O/c1-2-17-10-8-9-15-27(17)21-16-23-26-22(25-21)24-19-13-6-7-14-20(19)28-18-11-4-3-5-12-18/h3-7,11-14,16-17H,2,8-10,15H2,1H3,(H,24,25,26). The minimum atomic E-state index is 0.474. The molecule has 1 unspecified atom stereocenters. The fraction of sp³-hybridized carbons (Fsp3) is 0.318. The van der Waals surface area contributed by atoms with E-state index in [9.17, 15) is 0 Å². The lowest BCUT2D eigenvalue weighted by Gasteiger charge is -2.35. The summed E-state index contributed by atoms with van der Waals surface area (Å²) in [5.41, 5.74) is 0.802. The summed E-state index contributed by atoms with van der Waals surface area (Å²) in [6.07, 6.45) is 6.54. The first kappa shape index (κ1) is 18.2. The molecule has 6 nitrogen and oxygen atoms in total. The summed E-state index contributed by atoms with van der Waals surface area (Å²) in [7, 11) is 0. The summed E-state index contributed by atoms with van der Waals surface area (Å²) in [4.78, 5) is 7.08. The van der Waals surface area contributed by atoms with E-state index in [4.69, 9.17) is 9.72 Å². The van der Waals surface area contributed by atoms with Crippen molar-refractivity contribution in [1.82, 2.24) is 15.2 Å². The third-order valence-corrected chi connectivity index (χ3v) is 5.04. The Morgan fingerprint density at radius 3 is 2.75 bits per heavy atom. The molecule has 1 aliphatic rings. The SMILES string of the molecule is CCC1CCCCN1c1cnnc(Nc2ccccc2Oc2ccccc2)n1. The molecule has 28 heavy (non-hydrogen) atoms. The first-order valence-corrected chi connectivity index (χ1v) is 9.89. The van der Waals surface area contributed by atoms with Crippen LogP contribution < -0.4 is 15.0 Å². The predicted molar refractivity (Wildman–Crippen MR) is 111 cm³/mol. The fourth-order valence-electron chi connectivity index (χ4n) is 3.61. The average Bonchev–Trinajstić information content (AvgIpc) is 2.76. The Hall–Kier alpha value is -3.15. The van der Waals surface area contributed by atoms with Crippen LogP contribution in [-0.4, -0.2) is 27.8 Å². The van der Waals surface area contributed by atoms with Crippen molar-refractivity contribution in [2.45, 2.75) is 38.6 Å². The van der Waals surface area contributed by atoms with E-state index in [0.717, 1.165) is 30.2 Å². The van der Waals surface area contributed by atoms with Gasteiger partial charge in [0.05, 0.1) is 11.9 Å². The summed E-state index contributed by atoms with van der Waals surface area (Å²) < 4.78 is 6.01. The quantitative estimate of drug-likeness (QED) is 0.641. The van der Waals surface area contributed by atoms with Crippen LogP contribution in [0.1, 0.15) is 32.6 Å². The number of rotatable bonds is 6. The van der Waals surface area contributed by atoms with Crippen LogP contribution in [0.4, 0.5) is 17.5 Å². The van der Waals surface area contributed by atoms with Crippen LogP contribution in [0.15, 0.2) is 60.8 Å². The maximum Gasteiger partial charge on any atom is 0.249 e. The van der Waals surface area contributed by atoms with E-state index in [2.05, 4.69) is 27.3 Å². The normalized spacial score (nSPS) is 16.6. The number of hydrogen-bond donors (Lipinski definition) is 1. The summed E-state index contributed by atoms with van der Waals surface area (Å²) >= 11 is 0. The van der Waals surface area contributed by atoms with Crippen LogP contribution in [0, 0.1) is 0 Å². The van der Waals surface area contributed by atoms with Gasteiger partial charge in [-0.2, -0.15) is 10.1 Å². The summed E-state index contributed by atoms with van der Waals surface area (Å²) in [6, 6.07) is 18.0. The first-order valence-electron chi connectivity index (χ1n) is 9.89. The number of para-hydroxylation sites is 3. The van der Waals surface area contributed by atoms with Gasteiger partial charge >= 0.3 is 0 Å². The highest BCUT2D eigenvalue weighted by Gasteiger charge is 2.22. The Morgan fingerprint density at radius 2 is 1.89 bits per heavy atom. The lowest BCUT2D eigenvalue weighted by atomic mass is 10.0. The van der Waals surface area contributed by atoms with Crippen LogP contribution in [0.5, 0.6) is 11.5 Å². The zero-order valence-corrected chi connectivity index (χ0v) is 16.1. The molecule has 3 aromatic rings. The Labute approximate surface area is 165 Å². The Bertz CT molecular complexity index is 902. The molecule has 0 radical (unpaired) electrons. The molecule has 0 saturated carbocycles. The highest BCUT2D eigenvalue weighted by molar-refractivity contribution is 5.63. The zero-order chi connectivity index (χ0) is 19.2. The molecule has 0 spiro atoms. The molecule has 0 amide bonds. The topological polar surface area (TPSA) is 63.2 Å². The number of anilines is 3. The van der Waals surface area contributed by atoms with E-state index in [1.807, 2.05) is 54.6 Å². The molecule has 1 fully saturated rings. The van der Waals surface area contributed by atoms with Gasteiger partial charge in [-0.1, -0.05) is 37.3 Å². The summed E-state index contributed by atoms with van der Waals surface area (Å²) in [6.45, 7) is 3.25. The summed E-state index contributed by atoms with van der Waals surface area (Å²) in [5, 5.41) is 11.6. The molecule has 1 N–H and O–H groups in total. The van der Waals surface area contributed by atoms with Crippen molar-refractivity contribution in [2.24, 2.45) is 0 Å². The second-order valence-corrected chi connectivity index (χ2v) is 6.93. The second kappa shape index (κ2) is 8.69. The average molecular weight is 375 g/mol. The van der Waals surface area contributed by atoms with Gasteiger partial charge in [0.1, 0.15) is 5.75 Å². The molecule has 144 valence electrons. The molecule has 2 heterocycles. The molecular weight excluding hydrogens is 350 g/mol. The van der Waals surface area contributed by atoms with Gasteiger partial charge in [-0.3, -0.25) is 0 Å². The van der Waals surface area contributed by atoms with E-state index in [1.165, 1.54) is 19.3 Å². The maximum absolute atomic E-state index is 6.01. The van der Waals surface area contributed by atoms with Gasteiger partial charge in [0.25, 0.3) is 0 Å². The Morgan fingerprint density at radius 1 is 1.07 bits per heavy atom. The highest BCUT2D eigenvalue weighted by atomic mass is 16.5. The van der Waals surface area contributed by atoms with Crippen molar-refractivity contribution in [2.75, 3.05) is 16.8 Å². The number of piperidine rings is 1. The fourth-order valence-corrected chi connectivity index (χ4v) is 3.61. The van der Waals surface area contributed by atoms with Gasteiger partial charge in [-0.15, -0.1) is 5.10 Å². The van der Waals surface area contributed by atoms with E-state index >= 15 is 0 Å². The number of nitrogens with one attached hydrogen (secondary N) is 1. The molecule has 2 aromatic carbocycles. The highest BCUT2D eigenvalue weighted by Crippen LogP contribution is 2.31. The van der Waals surface area contributed by atoms with E-state index < -0.39 is 0 Å². The largest absolute Gasteiger partial charge is 0.455 e. The van der Waals surface area contributed by atoms with Gasteiger partial charge in [0.2, 0.25) is 5.95 Å². The van der Waals surface area contributed by atoms with E-state index in [1.54, 1.807) is 6.20 Å². The van der Waals surface area contributed by atoms with E-state index in [-0.39, 0.29) is 0 Å². The van der Waals surface area contributed by atoms with Crippen molar-refractivity contribution < 1.29 is 4.74 Å². The first-order chi connectivity index (χ1) is 13.8. The van der Waals surface area contributed by atoms with Crippen molar-refractivity contribution >= 4 is 17.5 Å². The smallest absolute Gasteiger partial charge is 0.249 e. The minimum absolute atomic E-state index is 0.474. The molecule has 4 rings (SSSR count). The lowest BCUT2D eigenvalue weighted by molar-refractivity contribution is 0.446. The number of nitrogens with zero attached hydrogens (tertiary/aromatic N) is 4. The van der Waals surface area contributed by atoms with Crippen molar-refractivity contribution in [3.8, 4) is 11.5 Å². The molecule has 0 aliphatic carbocycles. The van der Waals surface area contributed by atoms with Crippen LogP contribution in [0.3, 0.4) is 0 Å². The van der Waals surface area contributed by atoms with Crippen LogP contribution in [0.25, 0.3) is 0 Å². The van der Waals surface area contributed by atoms with Crippen LogP contribution in [-0.2, 0) is 0 Å². The van der Waals surface area contributed by atoms with Crippen molar-refractivity contribution in [3.05, 3.63) is 60.8 Å². The number of aromatic nitrogens is 3. The molecule has 6 heteroatoms. The third-order valence-electron chi connectivity index (χ3n) is 5.04. The van der Waals surface area contributed by atoms with Gasteiger partial charge < -0.3 is 15.0 Å². The molecular formula is C22H25N5O. The molecule has 1 saturated heterocycles. The number of hydrogen-bond acceptors (Lipinski definition) is 6. The third kappa shape index (κ3) is 4.22. The van der Waals surface area contributed by atoms with Crippen molar-refractivity contribution in [1.29, 1.82) is 0 Å².